The van der Waals surface area contributed by atoms with Crippen LogP contribution in [0.15, 0.2) is 22.7 Å². The molecule has 108 valence electrons. The number of carbonyl (C=O) groups excluding carboxylic acids is 1. The average molecular weight is 361 g/mol. The van der Waals surface area contributed by atoms with Gasteiger partial charge in [0.15, 0.2) is 0 Å². The fourth-order valence-electron chi connectivity index (χ4n) is 2.55. The molecule has 1 aromatic carbocycles. The van der Waals surface area contributed by atoms with Crippen molar-refractivity contribution in [1.82, 2.24) is 4.90 Å². The van der Waals surface area contributed by atoms with Gasteiger partial charge in [-0.2, -0.15) is 0 Å². The Morgan fingerprint density at radius 3 is 2.55 bits per heavy atom. The second-order valence-corrected chi connectivity index (χ2v) is 6.21. The maximum Gasteiger partial charge on any atom is 0.323 e. The van der Waals surface area contributed by atoms with Gasteiger partial charge in [0.1, 0.15) is 6.54 Å². The number of nitrogens with zero attached hydrogens (tertiary/aromatic N) is 1. The van der Waals surface area contributed by atoms with E-state index in [4.69, 9.17) is 16.7 Å². The molecule has 0 aliphatic heterocycles. The lowest BCUT2D eigenvalue weighted by Crippen LogP contribution is -2.42. The molecule has 1 N–H and O–H groups in total. The van der Waals surface area contributed by atoms with Crippen molar-refractivity contribution in [3.8, 4) is 0 Å². The van der Waals surface area contributed by atoms with Gasteiger partial charge in [0.05, 0.1) is 10.6 Å². The van der Waals surface area contributed by atoms with Crippen molar-refractivity contribution in [2.24, 2.45) is 0 Å². The smallest absolute Gasteiger partial charge is 0.323 e. The van der Waals surface area contributed by atoms with E-state index >= 15 is 0 Å². The molecule has 1 amide bonds. The molecule has 1 aromatic rings. The molecule has 0 atom stereocenters. The third kappa shape index (κ3) is 3.52. The number of halogens is 2. The molecule has 2 rings (SSSR count). The normalized spacial score (nSPS) is 15.3. The number of amides is 1. The summed E-state index contributed by atoms with van der Waals surface area (Å²) in [6.45, 7) is -0.282. The number of carbonyl (C=O) groups is 2. The lowest BCUT2D eigenvalue weighted by Gasteiger charge is -2.27. The summed E-state index contributed by atoms with van der Waals surface area (Å²) in [6.07, 6.45) is 3.77. The van der Waals surface area contributed by atoms with Gasteiger partial charge in [-0.25, -0.2) is 0 Å². The van der Waals surface area contributed by atoms with Crippen LogP contribution in [0.1, 0.15) is 36.0 Å². The van der Waals surface area contributed by atoms with Gasteiger partial charge < -0.3 is 10.0 Å². The van der Waals surface area contributed by atoms with E-state index in [1.807, 2.05) is 0 Å². The number of benzene rings is 1. The van der Waals surface area contributed by atoms with Gasteiger partial charge in [0.25, 0.3) is 5.91 Å². The van der Waals surface area contributed by atoms with Crippen LogP contribution in [0.2, 0.25) is 5.02 Å². The van der Waals surface area contributed by atoms with Crippen LogP contribution in [-0.2, 0) is 4.79 Å². The van der Waals surface area contributed by atoms with E-state index in [0.717, 1.165) is 30.2 Å². The molecule has 0 aromatic heterocycles. The van der Waals surface area contributed by atoms with E-state index in [2.05, 4.69) is 15.9 Å². The topological polar surface area (TPSA) is 57.6 Å². The molecule has 1 aliphatic carbocycles. The van der Waals surface area contributed by atoms with Crippen LogP contribution in [0.25, 0.3) is 0 Å². The minimum Gasteiger partial charge on any atom is -0.480 e. The first-order chi connectivity index (χ1) is 9.49. The Morgan fingerprint density at radius 1 is 1.35 bits per heavy atom. The molecule has 0 spiro atoms. The number of carboxylic acids is 1. The predicted molar refractivity (Wildman–Crippen MR) is 80.1 cm³/mol. The zero-order valence-electron chi connectivity index (χ0n) is 10.8. The molecule has 20 heavy (non-hydrogen) atoms. The van der Waals surface area contributed by atoms with Crippen molar-refractivity contribution in [3.63, 3.8) is 0 Å². The van der Waals surface area contributed by atoms with E-state index in [1.165, 1.54) is 4.90 Å². The highest BCUT2D eigenvalue weighted by atomic mass is 79.9. The molecule has 0 heterocycles. The Morgan fingerprint density at radius 2 is 2.00 bits per heavy atom. The van der Waals surface area contributed by atoms with Gasteiger partial charge in [-0.15, -0.1) is 0 Å². The first kappa shape index (κ1) is 15.3. The molecule has 0 radical (unpaired) electrons. The lowest BCUT2D eigenvalue weighted by molar-refractivity contribution is -0.138. The first-order valence-corrected chi connectivity index (χ1v) is 7.64. The number of aliphatic carboxylic acids is 1. The minimum absolute atomic E-state index is 0.00156. The van der Waals surface area contributed by atoms with Crippen LogP contribution >= 0.6 is 27.5 Å². The number of hydrogen-bond acceptors (Lipinski definition) is 2. The summed E-state index contributed by atoms with van der Waals surface area (Å²) in [5, 5.41) is 9.35. The van der Waals surface area contributed by atoms with Gasteiger partial charge in [-0.1, -0.05) is 40.4 Å². The van der Waals surface area contributed by atoms with E-state index in [0.29, 0.717) is 10.6 Å². The van der Waals surface area contributed by atoms with Crippen molar-refractivity contribution in [1.29, 1.82) is 0 Å². The van der Waals surface area contributed by atoms with E-state index in [9.17, 15) is 9.59 Å². The van der Waals surface area contributed by atoms with Gasteiger partial charge in [0, 0.05) is 10.5 Å². The molecule has 4 nitrogen and oxygen atoms in total. The highest BCUT2D eigenvalue weighted by molar-refractivity contribution is 9.10. The first-order valence-electron chi connectivity index (χ1n) is 6.47. The Balaban J connectivity index is 2.27. The largest absolute Gasteiger partial charge is 0.480 e. The van der Waals surface area contributed by atoms with Crippen molar-refractivity contribution in [2.75, 3.05) is 6.54 Å². The minimum atomic E-state index is -1.00. The van der Waals surface area contributed by atoms with Crippen LogP contribution in [0.3, 0.4) is 0 Å². The Labute approximate surface area is 130 Å². The van der Waals surface area contributed by atoms with Gasteiger partial charge in [0.2, 0.25) is 0 Å². The fourth-order valence-corrected chi connectivity index (χ4v) is 3.30. The number of carboxylic acid groups (broad SMARTS) is 1. The SMILES string of the molecule is O=C(O)CN(C(=O)c1ccc(Br)cc1Cl)C1CCCC1. The highest BCUT2D eigenvalue weighted by Gasteiger charge is 2.29. The van der Waals surface area contributed by atoms with Crippen molar-refractivity contribution < 1.29 is 14.7 Å². The van der Waals surface area contributed by atoms with Gasteiger partial charge >= 0.3 is 5.97 Å². The van der Waals surface area contributed by atoms with E-state index < -0.39 is 5.97 Å². The maximum atomic E-state index is 12.6. The number of hydrogen-bond donors (Lipinski definition) is 1. The van der Waals surface area contributed by atoms with Crippen molar-refractivity contribution in [2.45, 2.75) is 31.7 Å². The maximum absolute atomic E-state index is 12.6. The zero-order chi connectivity index (χ0) is 14.7. The molecule has 6 heteroatoms. The van der Waals surface area contributed by atoms with Crippen LogP contribution in [0.4, 0.5) is 0 Å². The predicted octanol–water partition coefficient (Wildman–Crippen LogP) is 3.57. The van der Waals surface area contributed by atoms with Crippen molar-refractivity contribution in [3.05, 3.63) is 33.3 Å². The number of rotatable bonds is 4. The second-order valence-electron chi connectivity index (χ2n) is 4.89. The van der Waals surface area contributed by atoms with Crippen LogP contribution < -0.4 is 0 Å². The van der Waals surface area contributed by atoms with Crippen LogP contribution in [-0.4, -0.2) is 34.5 Å². The van der Waals surface area contributed by atoms with E-state index in [-0.39, 0.29) is 18.5 Å². The molecule has 1 aliphatic rings. The zero-order valence-corrected chi connectivity index (χ0v) is 13.2. The third-order valence-corrected chi connectivity index (χ3v) is 4.30. The quantitative estimate of drug-likeness (QED) is 0.893. The molecular weight excluding hydrogens is 346 g/mol. The van der Waals surface area contributed by atoms with Gasteiger partial charge in [-0.3, -0.25) is 9.59 Å². The Hall–Kier alpha value is -1.07. The Kier molecular flexibility index (Phi) is 5.05. The van der Waals surface area contributed by atoms with E-state index in [1.54, 1.807) is 18.2 Å². The van der Waals surface area contributed by atoms with Crippen molar-refractivity contribution >= 4 is 39.4 Å². The molecular formula is C14H15BrClNO3. The summed E-state index contributed by atoms with van der Waals surface area (Å²) in [7, 11) is 0. The molecule has 1 fully saturated rings. The summed E-state index contributed by atoms with van der Waals surface area (Å²) in [6, 6.07) is 4.99. The molecule has 0 bridgehead atoms. The summed E-state index contributed by atoms with van der Waals surface area (Å²) < 4.78 is 0.782. The Bertz CT molecular complexity index is 529. The molecule has 1 saturated carbocycles. The van der Waals surface area contributed by atoms with Crippen LogP contribution in [0, 0.1) is 0 Å². The molecule has 0 unspecified atom stereocenters. The standard InChI is InChI=1S/C14H15BrClNO3/c15-9-5-6-11(12(16)7-9)14(20)17(8-13(18)19)10-3-1-2-4-10/h5-7,10H,1-4,8H2,(H,18,19). The highest BCUT2D eigenvalue weighted by Crippen LogP contribution is 2.28. The lowest BCUT2D eigenvalue weighted by atomic mass is 10.1. The summed E-state index contributed by atoms with van der Waals surface area (Å²) in [4.78, 5) is 25.0. The summed E-state index contributed by atoms with van der Waals surface area (Å²) in [5.41, 5.74) is 0.350. The van der Waals surface area contributed by atoms with Gasteiger partial charge in [-0.05, 0) is 31.0 Å². The average Bonchev–Trinajstić information content (AvgIpc) is 2.88. The van der Waals surface area contributed by atoms with Crippen LogP contribution in [0.5, 0.6) is 0 Å². The summed E-state index contributed by atoms with van der Waals surface area (Å²) in [5.74, 6) is -1.31. The third-order valence-electron chi connectivity index (χ3n) is 3.49. The second kappa shape index (κ2) is 6.59. The monoisotopic (exact) mass is 359 g/mol. The fraction of sp³-hybridized carbons (Fsp3) is 0.429. The summed E-state index contributed by atoms with van der Waals surface area (Å²) >= 11 is 9.37. The molecule has 0 saturated heterocycles.